The van der Waals surface area contributed by atoms with Crippen LogP contribution in [0.25, 0.3) is 0 Å². The molecule has 0 unspecified atom stereocenters. The SMILES string of the molecule is CC(C)(C)O[Si]c1ccc(N)c(N)c1. The van der Waals surface area contributed by atoms with Gasteiger partial charge in [-0.2, -0.15) is 0 Å². The van der Waals surface area contributed by atoms with E-state index in [1.807, 2.05) is 39.0 Å². The number of benzene rings is 1. The first kappa shape index (κ1) is 11.1. The van der Waals surface area contributed by atoms with Crippen molar-refractivity contribution >= 4 is 26.3 Å². The van der Waals surface area contributed by atoms with Gasteiger partial charge in [0.1, 0.15) is 0 Å². The Balaban J connectivity index is 2.65. The number of hydrogen-bond donors (Lipinski definition) is 2. The minimum atomic E-state index is -0.116. The van der Waals surface area contributed by atoms with E-state index in [1.165, 1.54) is 0 Å². The van der Waals surface area contributed by atoms with Crippen LogP contribution < -0.4 is 16.7 Å². The average molecular weight is 208 g/mol. The highest BCUT2D eigenvalue weighted by atomic mass is 28.2. The molecule has 0 aliphatic carbocycles. The van der Waals surface area contributed by atoms with Gasteiger partial charge in [-0.1, -0.05) is 6.07 Å². The van der Waals surface area contributed by atoms with Gasteiger partial charge in [-0.15, -0.1) is 0 Å². The molecule has 2 radical (unpaired) electrons. The molecule has 1 aromatic rings. The molecule has 14 heavy (non-hydrogen) atoms. The van der Waals surface area contributed by atoms with E-state index in [1.54, 1.807) is 0 Å². The summed E-state index contributed by atoms with van der Waals surface area (Å²) in [6.07, 6.45) is 0. The van der Waals surface area contributed by atoms with Gasteiger partial charge >= 0.3 is 0 Å². The van der Waals surface area contributed by atoms with Crippen LogP contribution in [0.15, 0.2) is 18.2 Å². The largest absolute Gasteiger partial charge is 0.407 e. The van der Waals surface area contributed by atoms with Gasteiger partial charge in [-0.25, -0.2) is 0 Å². The molecule has 76 valence electrons. The van der Waals surface area contributed by atoms with Crippen LogP contribution in [0, 0.1) is 0 Å². The molecular weight excluding hydrogens is 192 g/mol. The normalized spacial score (nSPS) is 11.6. The molecule has 0 saturated heterocycles. The van der Waals surface area contributed by atoms with Crippen LogP contribution in [0.2, 0.25) is 0 Å². The predicted molar refractivity (Wildman–Crippen MR) is 61.5 cm³/mol. The lowest BCUT2D eigenvalue weighted by Gasteiger charge is -2.19. The first-order valence-electron chi connectivity index (χ1n) is 4.47. The Labute approximate surface area is 87.4 Å². The minimum absolute atomic E-state index is 0.116. The Morgan fingerprint density at radius 1 is 1.14 bits per heavy atom. The summed E-state index contributed by atoms with van der Waals surface area (Å²) in [4.78, 5) is 0. The van der Waals surface area contributed by atoms with Gasteiger partial charge in [-0.05, 0) is 38.1 Å². The quantitative estimate of drug-likeness (QED) is 0.561. The average Bonchev–Trinajstić information content (AvgIpc) is 2.06. The summed E-state index contributed by atoms with van der Waals surface area (Å²) in [6.45, 7) is 6.09. The zero-order chi connectivity index (χ0) is 10.8. The third-order valence-electron chi connectivity index (χ3n) is 1.56. The fourth-order valence-electron chi connectivity index (χ4n) is 0.850. The zero-order valence-electron chi connectivity index (χ0n) is 8.79. The molecule has 0 aliphatic rings. The van der Waals surface area contributed by atoms with Crippen LogP contribution in [0.3, 0.4) is 0 Å². The predicted octanol–water partition coefficient (Wildman–Crippen LogP) is 0.911. The molecular formula is C10H16N2OSi. The maximum absolute atomic E-state index is 5.68. The van der Waals surface area contributed by atoms with Gasteiger partial charge in [0.15, 0.2) is 0 Å². The molecule has 0 heterocycles. The highest BCUT2D eigenvalue weighted by molar-refractivity contribution is 6.47. The van der Waals surface area contributed by atoms with E-state index in [-0.39, 0.29) is 5.60 Å². The van der Waals surface area contributed by atoms with Gasteiger partial charge < -0.3 is 15.9 Å². The molecule has 0 saturated carbocycles. The van der Waals surface area contributed by atoms with Gasteiger partial charge in [0, 0.05) is 5.60 Å². The van der Waals surface area contributed by atoms with Crippen molar-refractivity contribution in [2.24, 2.45) is 0 Å². The maximum Gasteiger partial charge on any atom is 0.269 e. The Morgan fingerprint density at radius 3 is 2.29 bits per heavy atom. The van der Waals surface area contributed by atoms with Crippen molar-refractivity contribution in [2.45, 2.75) is 26.4 Å². The standard InChI is InChI=1S/C10H16N2OSi/c1-10(2,3)13-14-7-4-5-8(11)9(12)6-7/h4-6H,11-12H2,1-3H3. The number of anilines is 2. The summed E-state index contributed by atoms with van der Waals surface area (Å²) in [7, 11) is 0.313. The molecule has 0 amide bonds. The van der Waals surface area contributed by atoms with Crippen molar-refractivity contribution in [2.75, 3.05) is 11.5 Å². The molecule has 0 bridgehead atoms. The summed E-state index contributed by atoms with van der Waals surface area (Å²) < 4.78 is 5.64. The highest BCUT2D eigenvalue weighted by Gasteiger charge is 2.11. The highest BCUT2D eigenvalue weighted by Crippen LogP contribution is 2.11. The van der Waals surface area contributed by atoms with Crippen LogP contribution in [-0.2, 0) is 4.43 Å². The summed E-state index contributed by atoms with van der Waals surface area (Å²) in [6, 6.07) is 5.61. The molecule has 0 aromatic heterocycles. The molecule has 3 nitrogen and oxygen atoms in total. The van der Waals surface area contributed by atoms with Gasteiger partial charge in [0.2, 0.25) is 0 Å². The van der Waals surface area contributed by atoms with Crippen LogP contribution >= 0.6 is 0 Å². The number of rotatable bonds is 2. The van der Waals surface area contributed by atoms with E-state index in [0.717, 1.165) is 5.19 Å². The van der Waals surface area contributed by atoms with E-state index in [2.05, 4.69) is 0 Å². The molecule has 4 N–H and O–H groups in total. The Morgan fingerprint density at radius 2 is 1.79 bits per heavy atom. The minimum Gasteiger partial charge on any atom is -0.407 e. The third kappa shape index (κ3) is 3.39. The number of nitrogen functional groups attached to an aromatic ring is 2. The van der Waals surface area contributed by atoms with E-state index < -0.39 is 0 Å². The van der Waals surface area contributed by atoms with Gasteiger partial charge in [-0.3, -0.25) is 0 Å². The van der Waals surface area contributed by atoms with Crippen molar-refractivity contribution in [1.82, 2.24) is 0 Å². The van der Waals surface area contributed by atoms with E-state index in [0.29, 0.717) is 21.1 Å². The van der Waals surface area contributed by atoms with Crippen LogP contribution in [-0.4, -0.2) is 15.4 Å². The molecule has 0 spiro atoms. The Bertz CT molecular complexity index is 320. The molecule has 1 aromatic carbocycles. The lowest BCUT2D eigenvalue weighted by atomic mass is 10.2. The van der Waals surface area contributed by atoms with Crippen molar-refractivity contribution in [1.29, 1.82) is 0 Å². The first-order valence-corrected chi connectivity index (χ1v) is 5.38. The molecule has 0 fully saturated rings. The summed E-state index contributed by atoms with van der Waals surface area (Å²) in [5.74, 6) is 0. The van der Waals surface area contributed by atoms with Crippen molar-refractivity contribution in [3.8, 4) is 0 Å². The fraction of sp³-hybridized carbons (Fsp3) is 0.400. The van der Waals surface area contributed by atoms with Gasteiger partial charge in [0.25, 0.3) is 9.76 Å². The van der Waals surface area contributed by atoms with Crippen molar-refractivity contribution in [3.05, 3.63) is 18.2 Å². The molecule has 0 aliphatic heterocycles. The zero-order valence-corrected chi connectivity index (χ0v) is 9.79. The molecule has 0 atom stereocenters. The van der Waals surface area contributed by atoms with Crippen LogP contribution in [0.1, 0.15) is 20.8 Å². The second-order valence-electron chi connectivity index (χ2n) is 4.16. The second kappa shape index (κ2) is 4.02. The summed E-state index contributed by atoms with van der Waals surface area (Å²) in [5.41, 5.74) is 12.4. The first-order chi connectivity index (χ1) is 6.38. The van der Waals surface area contributed by atoms with Gasteiger partial charge in [0.05, 0.1) is 11.4 Å². The van der Waals surface area contributed by atoms with Crippen LogP contribution in [0.4, 0.5) is 11.4 Å². The summed E-state index contributed by atoms with van der Waals surface area (Å²) >= 11 is 0. The summed E-state index contributed by atoms with van der Waals surface area (Å²) in [5, 5.41) is 1.08. The maximum atomic E-state index is 5.68. The monoisotopic (exact) mass is 208 g/mol. The smallest absolute Gasteiger partial charge is 0.269 e. The fourth-order valence-corrected chi connectivity index (χ4v) is 1.64. The third-order valence-corrected chi connectivity index (χ3v) is 2.82. The Kier molecular flexibility index (Phi) is 3.18. The van der Waals surface area contributed by atoms with E-state index in [4.69, 9.17) is 15.9 Å². The molecule has 4 heteroatoms. The Hall–Kier alpha value is -1.00. The van der Waals surface area contributed by atoms with Crippen molar-refractivity contribution < 1.29 is 4.43 Å². The van der Waals surface area contributed by atoms with Crippen LogP contribution in [0.5, 0.6) is 0 Å². The topological polar surface area (TPSA) is 61.3 Å². The van der Waals surface area contributed by atoms with E-state index in [9.17, 15) is 0 Å². The lowest BCUT2D eigenvalue weighted by molar-refractivity contribution is 0.142. The lowest BCUT2D eigenvalue weighted by Crippen LogP contribution is -2.28. The second-order valence-corrected chi connectivity index (χ2v) is 5.15. The van der Waals surface area contributed by atoms with E-state index >= 15 is 0 Å². The number of nitrogens with two attached hydrogens (primary N) is 2. The van der Waals surface area contributed by atoms with Crippen molar-refractivity contribution in [3.63, 3.8) is 0 Å². The number of hydrogen-bond acceptors (Lipinski definition) is 3. The molecule has 1 rings (SSSR count).